The van der Waals surface area contributed by atoms with Gasteiger partial charge in [0.1, 0.15) is 12.3 Å². The van der Waals surface area contributed by atoms with E-state index in [1.54, 1.807) is 7.11 Å². The van der Waals surface area contributed by atoms with Crippen LogP contribution in [-0.4, -0.2) is 36.6 Å². The van der Waals surface area contributed by atoms with Gasteiger partial charge in [-0.05, 0) is 56.4 Å². The van der Waals surface area contributed by atoms with Gasteiger partial charge in [-0.15, -0.1) is 0 Å². The van der Waals surface area contributed by atoms with E-state index >= 15 is 0 Å². The third-order valence-electron chi connectivity index (χ3n) is 6.46. The molecule has 1 amide bonds. The molecule has 1 heterocycles. The maximum absolute atomic E-state index is 13.5. The Balaban J connectivity index is 0.00000320. The first-order valence-electron chi connectivity index (χ1n) is 10.9. The molecule has 1 N–H and O–H groups in total. The molecule has 0 spiro atoms. The topological polar surface area (TPSA) is 38.3 Å². The number of rotatable bonds is 7. The van der Waals surface area contributed by atoms with Gasteiger partial charge >= 0.3 is 0 Å². The van der Waals surface area contributed by atoms with Crippen LogP contribution < -0.4 is 10.1 Å². The minimum atomic E-state index is -0.0702. The van der Waals surface area contributed by atoms with E-state index in [1.165, 1.54) is 24.8 Å². The molecule has 4 nitrogen and oxygen atoms in total. The summed E-state index contributed by atoms with van der Waals surface area (Å²) in [5, 5.41) is 3.28. The molecule has 2 aromatic carbocycles. The molecule has 1 saturated heterocycles. The zero-order valence-corrected chi connectivity index (χ0v) is 21.7. The number of piperidine rings is 1. The third-order valence-corrected chi connectivity index (χ3v) is 6.46. The van der Waals surface area contributed by atoms with Gasteiger partial charge in [-0.3, -0.25) is 4.79 Å². The number of para-hydroxylation sites is 2. The summed E-state index contributed by atoms with van der Waals surface area (Å²) in [6.07, 6.45) is 4.41. The van der Waals surface area contributed by atoms with E-state index in [1.807, 2.05) is 18.2 Å². The van der Waals surface area contributed by atoms with Crippen molar-refractivity contribution in [3.05, 3.63) is 59.2 Å². The van der Waals surface area contributed by atoms with Crippen LogP contribution in [0, 0.1) is 13.8 Å². The Morgan fingerprint density at radius 1 is 1.03 bits per heavy atom. The molecule has 1 aliphatic rings. The summed E-state index contributed by atoms with van der Waals surface area (Å²) >= 11 is 0. The molecular weight excluding hydrogens is 449 g/mol. The summed E-state index contributed by atoms with van der Waals surface area (Å²) in [7, 11) is 1.73. The molecule has 0 bridgehead atoms. The van der Waals surface area contributed by atoms with Crippen molar-refractivity contribution in [2.24, 2.45) is 0 Å². The molecule has 1 aliphatic heterocycles. The summed E-state index contributed by atoms with van der Waals surface area (Å²) in [4.78, 5) is 13.5. The standard InChI is InChI=1S/C25H34N2O2.Y/c1-5-22(25(28)26-24-19(2)12-11-13-20(24)3)27(16-9-6-10-17-27)18-21-14-7-8-15-23(21)29-4;/h7-8,11-15,22H,5-6,9-10,16-18H2,1-4H3;/p+1. The second-order valence-corrected chi connectivity index (χ2v) is 8.38. The van der Waals surface area contributed by atoms with Gasteiger partial charge in [0.15, 0.2) is 6.04 Å². The Morgan fingerprint density at radius 2 is 1.67 bits per heavy atom. The molecule has 159 valence electrons. The molecule has 30 heavy (non-hydrogen) atoms. The number of methoxy groups -OCH3 is 1. The summed E-state index contributed by atoms with van der Waals surface area (Å²) < 4.78 is 6.44. The summed E-state index contributed by atoms with van der Waals surface area (Å²) in [6.45, 7) is 9.18. The minimum Gasteiger partial charge on any atom is -0.496 e. The number of nitrogens with one attached hydrogen (secondary N) is 1. The second kappa shape index (κ2) is 11.4. The monoisotopic (exact) mass is 484 g/mol. The first-order valence-corrected chi connectivity index (χ1v) is 10.9. The van der Waals surface area contributed by atoms with Crippen molar-refractivity contribution in [1.82, 2.24) is 0 Å². The molecule has 0 aliphatic carbocycles. The fraction of sp³-hybridized carbons (Fsp3) is 0.480. The van der Waals surface area contributed by atoms with Gasteiger partial charge in [0.2, 0.25) is 0 Å². The smallest absolute Gasteiger partial charge is 0.282 e. The molecule has 1 radical (unpaired) electrons. The van der Waals surface area contributed by atoms with Crippen molar-refractivity contribution >= 4 is 11.6 Å². The van der Waals surface area contributed by atoms with Crippen molar-refractivity contribution in [3.63, 3.8) is 0 Å². The number of quaternary nitrogens is 1. The number of carbonyl (C=O) groups excluding carboxylic acids is 1. The molecule has 1 unspecified atom stereocenters. The SMILES string of the molecule is CCC(C(=O)Nc1c(C)cccc1C)[N+]1(Cc2ccccc2OC)CCCCC1.[Y]. The number of aryl methyl sites for hydroxylation is 2. The number of anilines is 1. The zero-order valence-electron chi connectivity index (χ0n) is 18.9. The van der Waals surface area contributed by atoms with Crippen molar-refractivity contribution in [2.45, 2.75) is 59.0 Å². The van der Waals surface area contributed by atoms with E-state index in [0.29, 0.717) is 0 Å². The number of amides is 1. The Bertz CT molecular complexity index is 827. The van der Waals surface area contributed by atoms with Crippen LogP contribution in [0.25, 0.3) is 0 Å². The maximum atomic E-state index is 13.5. The molecule has 1 atom stereocenters. The first-order chi connectivity index (χ1) is 14.0. The largest absolute Gasteiger partial charge is 0.496 e. The Labute approximate surface area is 206 Å². The van der Waals surface area contributed by atoms with Crippen molar-refractivity contribution < 1.29 is 46.7 Å². The van der Waals surface area contributed by atoms with Crippen LogP contribution in [0.15, 0.2) is 42.5 Å². The summed E-state index contributed by atoms with van der Waals surface area (Å²) in [6, 6.07) is 14.3. The zero-order chi connectivity index (χ0) is 20.9. The van der Waals surface area contributed by atoms with E-state index in [9.17, 15) is 4.79 Å². The van der Waals surface area contributed by atoms with Crippen LogP contribution in [0.2, 0.25) is 0 Å². The van der Waals surface area contributed by atoms with E-state index in [4.69, 9.17) is 4.74 Å². The normalized spacial score (nSPS) is 16.3. The maximum Gasteiger partial charge on any atom is 0.282 e. The van der Waals surface area contributed by atoms with Crippen LogP contribution in [0.4, 0.5) is 5.69 Å². The van der Waals surface area contributed by atoms with Gasteiger partial charge < -0.3 is 14.5 Å². The molecular formula is C25H35N2O2Y+. The molecule has 1 fully saturated rings. The number of hydrogen-bond acceptors (Lipinski definition) is 2. The van der Waals surface area contributed by atoms with Crippen LogP contribution in [0.3, 0.4) is 0 Å². The van der Waals surface area contributed by atoms with E-state index in [-0.39, 0.29) is 44.7 Å². The summed E-state index contributed by atoms with van der Waals surface area (Å²) in [5.74, 6) is 1.06. The Hall–Kier alpha value is -1.23. The third kappa shape index (κ3) is 5.52. The number of ether oxygens (including phenoxy) is 1. The molecule has 0 aromatic heterocycles. The van der Waals surface area contributed by atoms with Gasteiger partial charge in [0.25, 0.3) is 5.91 Å². The van der Waals surface area contributed by atoms with E-state index in [0.717, 1.165) is 53.1 Å². The number of hydrogen-bond donors (Lipinski definition) is 1. The summed E-state index contributed by atoms with van der Waals surface area (Å²) in [5.41, 5.74) is 4.38. The van der Waals surface area contributed by atoms with Gasteiger partial charge in [-0.25, -0.2) is 0 Å². The Kier molecular flexibility index (Phi) is 9.52. The number of carbonyl (C=O) groups is 1. The van der Waals surface area contributed by atoms with Crippen LogP contribution in [0.1, 0.15) is 49.3 Å². The quantitative estimate of drug-likeness (QED) is 0.547. The van der Waals surface area contributed by atoms with Gasteiger partial charge in [-0.1, -0.05) is 37.3 Å². The van der Waals surface area contributed by atoms with Crippen molar-refractivity contribution in [3.8, 4) is 5.75 Å². The molecule has 0 saturated carbocycles. The predicted molar refractivity (Wildman–Crippen MR) is 119 cm³/mol. The van der Waals surface area contributed by atoms with Gasteiger partial charge in [-0.2, -0.15) is 0 Å². The van der Waals surface area contributed by atoms with E-state index in [2.05, 4.69) is 50.4 Å². The minimum absolute atomic E-state index is 0. The van der Waals surface area contributed by atoms with Crippen LogP contribution in [-0.2, 0) is 44.0 Å². The van der Waals surface area contributed by atoms with Gasteiger partial charge in [0, 0.05) is 50.4 Å². The average Bonchev–Trinajstić information content (AvgIpc) is 2.72. The van der Waals surface area contributed by atoms with Crippen LogP contribution >= 0.6 is 0 Å². The number of nitrogens with zero attached hydrogens (tertiary/aromatic N) is 1. The average molecular weight is 484 g/mol. The molecule has 3 rings (SSSR count). The van der Waals surface area contributed by atoms with Gasteiger partial charge in [0.05, 0.1) is 20.2 Å². The molecule has 2 aromatic rings. The van der Waals surface area contributed by atoms with Crippen molar-refractivity contribution in [1.29, 1.82) is 0 Å². The second-order valence-electron chi connectivity index (χ2n) is 8.38. The molecule has 5 heteroatoms. The van der Waals surface area contributed by atoms with E-state index < -0.39 is 0 Å². The fourth-order valence-corrected chi connectivity index (χ4v) is 4.93. The predicted octanol–water partition coefficient (Wildman–Crippen LogP) is 5.23. The number of benzene rings is 2. The van der Waals surface area contributed by atoms with Crippen LogP contribution in [0.5, 0.6) is 5.75 Å². The first kappa shape index (κ1) is 25.0. The number of likely N-dealkylation sites (tertiary alicyclic amines) is 1. The van der Waals surface area contributed by atoms with Crippen molar-refractivity contribution in [2.75, 3.05) is 25.5 Å². The Morgan fingerprint density at radius 3 is 2.27 bits per heavy atom. The fourth-order valence-electron chi connectivity index (χ4n) is 4.93.